The average Bonchev–Trinajstić information content (AvgIpc) is 2.79. The second-order valence-corrected chi connectivity index (χ2v) is 24.3. The van der Waals surface area contributed by atoms with Gasteiger partial charge in [-0.05, 0) is 0 Å². The van der Waals surface area contributed by atoms with Crippen LogP contribution in [0.2, 0.25) is 13.1 Å². The maximum atomic E-state index is 12.0. The smallest absolute Gasteiger partial charge is 1.00 e. The van der Waals surface area contributed by atoms with Crippen LogP contribution in [0.4, 0.5) is 0 Å². The molecule has 0 aliphatic heterocycles. The largest absolute Gasteiger partial charge is 1.00 e. The average molecular weight is 423 g/mol. The Labute approximate surface area is 149 Å². The fourth-order valence-electron chi connectivity index (χ4n) is 2.55. The zero-order valence-electron chi connectivity index (χ0n) is 12.7. The van der Waals surface area contributed by atoms with Gasteiger partial charge in [-0.1, -0.05) is 0 Å². The Bertz CT molecular complexity index is 496. The summed E-state index contributed by atoms with van der Waals surface area (Å²) < 4.78 is 4.03. The SMILES string of the molecule is CCCC(=O)[NH][Zr+2]([CH]1C=Cc2ccccc21)[SiH](C)C.[Cl-].[Cl-]. The van der Waals surface area contributed by atoms with Crippen LogP contribution in [0.1, 0.15) is 34.5 Å². The van der Waals surface area contributed by atoms with E-state index in [9.17, 15) is 4.79 Å². The van der Waals surface area contributed by atoms with Crippen LogP contribution in [-0.2, 0) is 26.0 Å². The van der Waals surface area contributed by atoms with Crippen LogP contribution in [0.3, 0.4) is 0 Å². The maximum Gasteiger partial charge on any atom is -1.00 e. The standard InChI is InChI=1S/C9H7.C4H9NO.C2H7Si.2ClH.Zr/c1-2-5-9-7-3-6-8(9)4-1;1-2-3-4(5)6;1-3-2;;;/h1-7H;2-3H2,1H3,(H2,5,6);3H,1-2H3;2*1H;/q;;;;;+3/p-3. The van der Waals surface area contributed by atoms with Crippen molar-refractivity contribution in [2.75, 3.05) is 0 Å². The third kappa shape index (κ3) is 5.35. The fourth-order valence-corrected chi connectivity index (χ4v) is 17.4. The van der Waals surface area contributed by atoms with Crippen molar-refractivity contribution in [3.8, 4) is 0 Å². The summed E-state index contributed by atoms with van der Waals surface area (Å²) in [7, 11) is 0. The van der Waals surface area contributed by atoms with Crippen molar-refractivity contribution in [1.29, 1.82) is 0 Å². The maximum absolute atomic E-state index is 12.0. The normalized spacial score (nSPS) is 15.0. The van der Waals surface area contributed by atoms with E-state index in [-0.39, 0.29) is 30.7 Å². The molecule has 1 aromatic carbocycles. The summed E-state index contributed by atoms with van der Waals surface area (Å²) >= 11 is -1.88. The summed E-state index contributed by atoms with van der Waals surface area (Å²) in [5.41, 5.74) is 2.81. The first-order valence-corrected chi connectivity index (χ1v) is 16.9. The first-order valence-electron chi connectivity index (χ1n) is 7.07. The molecule has 0 saturated carbocycles. The number of allylic oxidation sites excluding steroid dienone is 1. The van der Waals surface area contributed by atoms with E-state index in [4.69, 9.17) is 0 Å². The number of hydrogen-bond acceptors (Lipinski definition) is 1. The number of rotatable bonds is 5. The Morgan fingerprint density at radius 1 is 1.29 bits per heavy atom. The number of fused-ring (bicyclic) bond motifs is 1. The Hall–Kier alpha value is 0.110. The minimum atomic E-state index is -1.88. The molecule has 21 heavy (non-hydrogen) atoms. The van der Waals surface area contributed by atoms with Gasteiger partial charge in [0.2, 0.25) is 0 Å². The van der Waals surface area contributed by atoms with Gasteiger partial charge in [0.25, 0.3) is 0 Å². The van der Waals surface area contributed by atoms with Gasteiger partial charge in [0.15, 0.2) is 0 Å². The van der Waals surface area contributed by atoms with Gasteiger partial charge in [-0.2, -0.15) is 0 Å². The second kappa shape index (κ2) is 9.99. The van der Waals surface area contributed by atoms with Crippen LogP contribution in [0.5, 0.6) is 0 Å². The van der Waals surface area contributed by atoms with Crippen molar-refractivity contribution in [1.82, 2.24) is 3.26 Å². The minimum Gasteiger partial charge on any atom is -1.00 e. The summed E-state index contributed by atoms with van der Waals surface area (Å²) in [4.78, 5) is 12.0. The Morgan fingerprint density at radius 2 is 1.95 bits per heavy atom. The van der Waals surface area contributed by atoms with Gasteiger partial charge in [0, 0.05) is 0 Å². The summed E-state index contributed by atoms with van der Waals surface area (Å²) in [6.07, 6.45) is 6.21. The van der Waals surface area contributed by atoms with E-state index in [1.807, 2.05) is 0 Å². The quantitative estimate of drug-likeness (QED) is 0.511. The van der Waals surface area contributed by atoms with Crippen molar-refractivity contribution in [3.63, 3.8) is 0 Å². The van der Waals surface area contributed by atoms with Gasteiger partial charge in [0.1, 0.15) is 0 Å². The van der Waals surface area contributed by atoms with Crippen molar-refractivity contribution < 1.29 is 50.8 Å². The number of carbonyl (C=O) groups is 1. The number of carbonyl (C=O) groups excluding carboxylic acids is 1. The molecular formula is C15H22Cl2NOSiZr. The molecule has 0 heterocycles. The van der Waals surface area contributed by atoms with Crippen molar-refractivity contribution in [2.45, 2.75) is 36.5 Å². The second-order valence-electron chi connectivity index (χ2n) is 5.37. The van der Waals surface area contributed by atoms with Gasteiger partial charge >= 0.3 is 125 Å². The van der Waals surface area contributed by atoms with Gasteiger partial charge < -0.3 is 24.8 Å². The predicted molar refractivity (Wildman–Crippen MR) is 80.1 cm³/mol. The number of halogens is 2. The molecule has 0 radical (unpaired) electrons. The minimum absolute atomic E-state index is 0. The monoisotopic (exact) mass is 420 g/mol. The van der Waals surface area contributed by atoms with Crippen molar-refractivity contribution in [3.05, 3.63) is 41.5 Å². The molecule has 1 atom stereocenters. The van der Waals surface area contributed by atoms with Crippen LogP contribution in [0, 0.1) is 0 Å². The van der Waals surface area contributed by atoms with Crippen LogP contribution < -0.4 is 28.1 Å². The van der Waals surface area contributed by atoms with E-state index < -0.39 is 27.1 Å². The Kier molecular flexibility index (Phi) is 10.0. The van der Waals surface area contributed by atoms with E-state index >= 15 is 0 Å². The van der Waals surface area contributed by atoms with E-state index in [0.29, 0.717) is 10.0 Å². The third-order valence-corrected chi connectivity index (χ3v) is 21.2. The zero-order valence-corrected chi connectivity index (χ0v) is 17.8. The van der Waals surface area contributed by atoms with Crippen LogP contribution in [-0.4, -0.2) is 11.8 Å². The molecule has 0 aromatic heterocycles. The zero-order chi connectivity index (χ0) is 13.8. The Morgan fingerprint density at radius 3 is 2.57 bits per heavy atom. The van der Waals surface area contributed by atoms with Gasteiger partial charge in [-0.15, -0.1) is 0 Å². The van der Waals surface area contributed by atoms with Crippen LogP contribution >= 0.6 is 0 Å². The van der Waals surface area contributed by atoms with E-state index in [1.54, 1.807) is 0 Å². The van der Waals surface area contributed by atoms with E-state index in [1.165, 1.54) is 11.1 Å². The summed E-state index contributed by atoms with van der Waals surface area (Å²) in [5, 5.41) is 0. The first-order chi connectivity index (χ1) is 9.13. The van der Waals surface area contributed by atoms with Crippen LogP contribution in [0.15, 0.2) is 30.3 Å². The molecule has 0 bridgehead atoms. The predicted octanol–water partition coefficient (Wildman–Crippen LogP) is -2.80. The van der Waals surface area contributed by atoms with Gasteiger partial charge in [0.05, 0.1) is 0 Å². The molecule has 1 N–H and O–H groups in total. The van der Waals surface area contributed by atoms with Gasteiger partial charge in [-0.3, -0.25) is 0 Å². The molecule has 2 nitrogen and oxygen atoms in total. The molecule has 2 rings (SSSR count). The number of hydrogen-bond donors (Lipinski definition) is 1. The molecule has 0 spiro atoms. The van der Waals surface area contributed by atoms with E-state index in [2.05, 4.69) is 59.7 Å². The molecule has 1 aliphatic rings. The third-order valence-electron chi connectivity index (χ3n) is 3.52. The number of amides is 1. The number of nitrogens with one attached hydrogen (secondary N) is 1. The molecule has 6 heteroatoms. The molecule has 1 unspecified atom stereocenters. The first kappa shape index (κ1) is 21.1. The summed E-state index contributed by atoms with van der Waals surface area (Å²) in [6.45, 7) is 6.87. The molecule has 1 aromatic rings. The molecule has 0 fully saturated rings. The number of benzene rings is 1. The van der Waals surface area contributed by atoms with Crippen molar-refractivity contribution >= 4 is 17.9 Å². The summed E-state index contributed by atoms with van der Waals surface area (Å²) in [5.74, 6) is -0.477. The molecule has 1 aliphatic carbocycles. The summed E-state index contributed by atoms with van der Waals surface area (Å²) in [6, 6.07) is 8.64. The molecule has 115 valence electrons. The van der Waals surface area contributed by atoms with E-state index in [0.717, 1.165) is 6.42 Å². The fraction of sp³-hybridized carbons (Fsp3) is 0.400. The van der Waals surface area contributed by atoms with Crippen LogP contribution in [0.25, 0.3) is 6.08 Å². The van der Waals surface area contributed by atoms with Crippen molar-refractivity contribution in [2.24, 2.45) is 0 Å². The Balaban J connectivity index is 0.00000200. The molecular weight excluding hydrogens is 400 g/mol. The molecule has 1 amide bonds. The van der Waals surface area contributed by atoms with Gasteiger partial charge in [-0.25, -0.2) is 0 Å². The topological polar surface area (TPSA) is 29.1 Å². The molecule has 0 saturated heterocycles.